The SMILES string of the molecule is NNC(CCC(F)(F)F)C1COCCO1. The molecule has 0 aromatic rings. The third-order valence-corrected chi connectivity index (χ3v) is 2.24. The highest BCUT2D eigenvalue weighted by Gasteiger charge is 2.31. The highest BCUT2D eigenvalue weighted by molar-refractivity contribution is 4.77. The molecule has 0 saturated carbocycles. The quantitative estimate of drug-likeness (QED) is 0.546. The zero-order valence-corrected chi connectivity index (χ0v) is 8.22. The van der Waals surface area contributed by atoms with Gasteiger partial charge < -0.3 is 9.47 Å². The molecule has 2 atom stereocenters. The van der Waals surface area contributed by atoms with Crippen molar-refractivity contribution in [2.24, 2.45) is 5.84 Å². The van der Waals surface area contributed by atoms with Crippen LogP contribution < -0.4 is 11.3 Å². The normalized spacial score (nSPS) is 25.2. The third kappa shape index (κ3) is 4.78. The highest BCUT2D eigenvalue weighted by Crippen LogP contribution is 2.23. The molecular formula is C8H15F3N2O2. The summed E-state index contributed by atoms with van der Waals surface area (Å²) in [4.78, 5) is 0. The van der Waals surface area contributed by atoms with Crippen molar-refractivity contribution in [3.8, 4) is 0 Å². The zero-order chi connectivity index (χ0) is 11.3. The molecule has 0 aromatic heterocycles. The Hall–Kier alpha value is -0.370. The molecular weight excluding hydrogens is 213 g/mol. The van der Waals surface area contributed by atoms with Crippen LogP contribution in [0.3, 0.4) is 0 Å². The summed E-state index contributed by atoms with van der Waals surface area (Å²) in [5.74, 6) is 5.18. The van der Waals surface area contributed by atoms with Crippen LogP contribution in [0.4, 0.5) is 13.2 Å². The number of rotatable bonds is 4. The largest absolute Gasteiger partial charge is 0.389 e. The second kappa shape index (κ2) is 5.64. The van der Waals surface area contributed by atoms with Crippen LogP contribution in [-0.4, -0.2) is 38.1 Å². The van der Waals surface area contributed by atoms with Gasteiger partial charge in [-0.25, -0.2) is 0 Å². The first-order valence-electron chi connectivity index (χ1n) is 4.75. The molecule has 0 aliphatic carbocycles. The van der Waals surface area contributed by atoms with E-state index in [1.807, 2.05) is 0 Å². The van der Waals surface area contributed by atoms with Crippen molar-refractivity contribution >= 4 is 0 Å². The molecule has 3 N–H and O–H groups in total. The average molecular weight is 228 g/mol. The smallest absolute Gasteiger partial charge is 0.376 e. The molecule has 1 rings (SSSR count). The van der Waals surface area contributed by atoms with E-state index < -0.39 is 24.7 Å². The van der Waals surface area contributed by atoms with E-state index in [2.05, 4.69) is 5.43 Å². The van der Waals surface area contributed by atoms with Gasteiger partial charge in [0.25, 0.3) is 0 Å². The molecule has 4 nitrogen and oxygen atoms in total. The number of hydrogen-bond donors (Lipinski definition) is 2. The van der Waals surface area contributed by atoms with Gasteiger partial charge in [0.15, 0.2) is 0 Å². The van der Waals surface area contributed by atoms with Crippen molar-refractivity contribution in [2.75, 3.05) is 19.8 Å². The standard InChI is InChI=1S/C8H15F3N2O2/c9-8(10,11)2-1-6(13-12)7-5-14-3-4-15-7/h6-7,13H,1-5,12H2. The van der Waals surface area contributed by atoms with Crippen molar-refractivity contribution in [3.63, 3.8) is 0 Å². The van der Waals surface area contributed by atoms with E-state index in [0.717, 1.165) is 0 Å². The van der Waals surface area contributed by atoms with Crippen molar-refractivity contribution in [1.29, 1.82) is 0 Å². The Morgan fingerprint density at radius 1 is 1.40 bits per heavy atom. The molecule has 0 bridgehead atoms. The van der Waals surface area contributed by atoms with E-state index in [9.17, 15) is 13.2 Å². The van der Waals surface area contributed by atoms with Crippen LogP contribution in [0.15, 0.2) is 0 Å². The van der Waals surface area contributed by atoms with Crippen LogP contribution in [0.25, 0.3) is 0 Å². The Morgan fingerprint density at radius 3 is 2.60 bits per heavy atom. The Balaban J connectivity index is 2.34. The van der Waals surface area contributed by atoms with Crippen LogP contribution in [0, 0.1) is 0 Å². The van der Waals surface area contributed by atoms with Gasteiger partial charge in [-0.15, -0.1) is 0 Å². The molecule has 15 heavy (non-hydrogen) atoms. The summed E-state index contributed by atoms with van der Waals surface area (Å²) >= 11 is 0. The first kappa shape index (κ1) is 12.7. The van der Waals surface area contributed by atoms with Gasteiger partial charge in [-0.3, -0.25) is 11.3 Å². The summed E-state index contributed by atoms with van der Waals surface area (Å²) in [6, 6.07) is -0.521. The number of nitrogens with one attached hydrogen (secondary N) is 1. The minimum Gasteiger partial charge on any atom is -0.376 e. The second-order valence-electron chi connectivity index (χ2n) is 3.41. The number of hydrazine groups is 1. The summed E-state index contributed by atoms with van der Waals surface area (Å²) in [6.45, 7) is 1.16. The van der Waals surface area contributed by atoms with E-state index in [0.29, 0.717) is 13.2 Å². The van der Waals surface area contributed by atoms with Gasteiger partial charge in [0.2, 0.25) is 0 Å². The predicted molar refractivity (Wildman–Crippen MR) is 47.0 cm³/mol. The van der Waals surface area contributed by atoms with Gasteiger partial charge in [0.05, 0.1) is 25.9 Å². The van der Waals surface area contributed by atoms with Crippen LogP contribution in [0.1, 0.15) is 12.8 Å². The Bertz CT molecular complexity index is 183. The number of halogens is 3. The van der Waals surface area contributed by atoms with Gasteiger partial charge in [-0.1, -0.05) is 0 Å². The molecule has 90 valence electrons. The van der Waals surface area contributed by atoms with Crippen LogP contribution >= 0.6 is 0 Å². The monoisotopic (exact) mass is 228 g/mol. The Labute approximate surface area is 85.9 Å². The predicted octanol–water partition coefficient (Wildman–Crippen LogP) is 0.576. The lowest BCUT2D eigenvalue weighted by atomic mass is 10.1. The summed E-state index contributed by atoms with van der Waals surface area (Å²) in [5, 5.41) is 0. The lowest BCUT2D eigenvalue weighted by Crippen LogP contribution is -2.49. The maximum absolute atomic E-state index is 12.0. The van der Waals surface area contributed by atoms with Crippen molar-refractivity contribution in [1.82, 2.24) is 5.43 Å². The van der Waals surface area contributed by atoms with E-state index in [1.54, 1.807) is 0 Å². The molecule has 2 unspecified atom stereocenters. The first-order chi connectivity index (χ1) is 7.03. The molecule has 7 heteroatoms. The maximum atomic E-state index is 12.0. The van der Waals surface area contributed by atoms with E-state index >= 15 is 0 Å². The molecule has 1 aliphatic heterocycles. The van der Waals surface area contributed by atoms with Crippen LogP contribution in [-0.2, 0) is 9.47 Å². The molecule has 0 aromatic carbocycles. The van der Waals surface area contributed by atoms with Crippen LogP contribution in [0.2, 0.25) is 0 Å². The Kier molecular flexibility index (Phi) is 4.78. The molecule has 0 spiro atoms. The second-order valence-corrected chi connectivity index (χ2v) is 3.41. The highest BCUT2D eigenvalue weighted by atomic mass is 19.4. The molecule has 1 saturated heterocycles. The fourth-order valence-electron chi connectivity index (χ4n) is 1.43. The molecule has 1 heterocycles. The number of alkyl halides is 3. The number of nitrogens with two attached hydrogens (primary N) is 1. The fraction of sp³-hybridized carbons (Fsp3) is 1.00. The van der Waals surface area contributed by atoms with Gasteiger partial charge in [-0.2, -0.15) is 13.2 Å². The molecule has 0 radical (unpaired) electrons. The number of hydrogen-bond acceptors (Lipinski definition) is 4. The molecule has 1 fully saturated rings. The summed E-state index contributed by atoms with van der Waals surface area (Å²) in [7, 11) is 0. The minimum absolute atomic E-state index is 0.103. The molecule has 1 aliphatic rings. The van der Waals surface area contributed by atoms with E-state index in [1.165, 1.54) is 0 Å². The lowest BCUT2D eigenvalue weighted by Gasteiger charge is -2.30. The van der Waals surface area contributed by atoms with E-state index in [4.69, 9.17) is 15.3 Å². The van der Waals surface area contributed by atoms with Crippen molar-refractivity contribution in [2.45, 2.75) is 31.2 Å². The Morgan fingerprint density at radius 2 is 2.13 bits per heavy atom. The van der Waals surface area contributed by atoms with Crippen molar-refractivity contribution in [3.05, 3.63) is 0 Å². The van der Waals surface area contributed by atoms with Gasteiger partial charge in [0, 0.05) is 12.5 Å². The van der Waals surface area contributed by atoms with Crippen LogP contribution in [0.5, 0.6) is 0 Å². The summed E-state index contributed by atoms with van der Waals surface area (Å²) < 4.78 is 46.3. The molecule has 0 amide bonds. The van der Waals surface area contributed by atoms with Crippen molar-refractivity contribution < 1.29 is 22.6 Å². The average Bonchev–Trinajstić information content (AvgIpc) is 2.19. The lowest BCUT2D eigenvalue weighted by molar-refractivity contribution is -0.144. The van der Waals surface area contributed by atoms with Gasteiger partial charge in [-0.05, 0) is 6.42 Å². The maximum Gasteiger partial charge on any atom is 0.389 e. The minimum atomic E-state index is -4.16. The van der Waals surface area contributed by atoms with E-state index in [-0.39, 0.29) is 13.0 Å². The summed E-state index contributed by atoms with van der Waals surface area (Å²) in [5.41, 5.74) is 2.34. The first-order valence-corrected chi connectivity index (χ1v) is 4.75. The topological polar surface area (TPSA) is 56.5 Å². The summed E-state index contributed by atoms with van der Waals surface area (Å²) in [6.07, 6.45) is -5.54. The number of ether oxygens (including phenoxy) is 2. The van der Waals surface area contributed by atoms with Gasteiger partial charge >= 0.3 is 6.18 Å². The third-order valence-electron chi connectivity index (χ3n) is 2.24. The fourth-order valence-corrected chi connectivity index (χ4v) is 1.43. The van der Waals surface area contributed by atoms with Gasteiger partial charge in [0.1, 0.15) is 0 Å². The zero-order valence-electron chi connectivity index (χ0n) is 8.22.